The van der Waals surface area contributed by atoms with E-state index in [4.69, 9.17) is 0 Å². The summed E-state index contributed by atoms with van der Waals surface area (Å²) < 4.78 is 2.05. The first-order valence-corrected chi connectivity index (χ1v) is 6.97. The van der Waals surface area contributed by atoms with E-state index in [0.717, 1.165) is 25.1 Å². The molecule has 0 bridgehead atoms. The summed E-state index contributed by atoms with van der Waals surface area (Å²) in [4.78, 5) is 15.8. The monoisotopic (exact) mass is 264 g/mol. The van der Waals surface area contributed by atoms with Gasteiger partial charge in [0.25, 0.3) is 0 Å². The van der Waals surface area contributed by atoms with Gasteiger partial charge < -0.3 is 15.2 Å². The van der Waals surface area contributed by atoms with Crippen LogP contribution in [0.5, 0.6) is 0 Å². The summed E-state index contributed by atoms with van der Waals surface area (Å²) in [5.74, 6) is 0.144. The molecular weight excluding hydrogens is 240 g/mol. The fraction of sp³-hybridized carbons (Fsp3) is 0.714. The minimum absolute atomic E-state index is 0.0818. The van der Waals surface area contributed by atoms with E-state index in [1.54, 1.807) is 6.33 Å². The van der Waals surface area contributed by atoms with Crippen molar-refractivity contribution < 1.29 is 4.79 Å². The van der Waals surface area contributed by atoms with Gasteiger partial charge in [-0.1, -0.05) is 0 Å². The lowest BCUT2D eigenvalue weighted by atomic mass is 10.1. The Morgan fingerprint density at radius 1 is 1.47 bits per heavy atom. The first-order valence-electron chi connectivity index (χ1n) is 6.97. The summed E-state index contributed by atoms with van der Waals surface area (Å²) in [6.07, 6.45) is 6.45. The SMILES string of the molecule is CC(C)(C)NCc1cncn1CCC(=O)NC1CC1. The molecule has 106 valence electrons. The number of nitrogens with one attached hydrogen (secondary N) is 2. The second kappa shape index (κ2) is 5.74. The van der Waals surface area contributed by atoms with Crippen molar-refractivity contribution in [3.8, 4) is 0 Å². The fourth-order valence-electron chi connectivity index (χ4n) is 1.80. The molecule has 0 aromatic carbocycles. The standard InChI is InChI=1S/C14H24N4O/c1-14(2,3)16-9-12-8-15-10-18(12)7-6-13(19)17-11-4-5-11/h8,10-11,16H,4-7,9H2,1-3H3,(H,17,19). The van der Waals surface area contributed by atoms with Crippen molar-refractivity contribution in [1.82, 2.24) is 20.2 Å². The maximum absolute atomic E-state index is 11.7. The predicted molar refractivity (Wildman–Crippen MR) is 74.6 cm³/mol. The highest BCUT2D eigenvalue weighted by Gasteiger charge is 2.22. The first kappa shape index (κ1) is 14.1. The molecule has 19 heavy (non-hydrogen) atoms. The molecule has 0 radical (unpaired) electrons. The highest BCUT2D eigenvalue weighted by atomic mass is 16.1. The molecule has 1 aliphatic carbocycles. The highest BCUT2D eigenvalue weighted by Crippen LogP contribution is 2.18. The topological polar surface area (TPSA) is 59.0 Å². The van der Waals surface area contributed by atoms with Gasteiger partial charge in [0.05, 0.1) is 12.0 Å². The van der Waals surface area contributed by atoms with Gasteiger partial charge in [0.1, 0.15) is 0 Å². The molecule has 1 aliphatic rings. The van der Waals surface area contributed by atoms with Crippen molar-refractivity contribution >= 4 is 5.91 Å². The molecule has 2 rings (SSSR count). The van der Waals surface area contributed by atoms with Gasteiger partial charge in [0.15, 0.2) is 0 Å². The number of carbonyl (C=O) groups excluding carboxylic acids is 1. The van der Waals surface area contributed by atoms with Gasteiger partial charge in [-0.25, -0.2) is 4.98 Å². The zero-order chi connectivity index (χ0) is 13.9. The lowest BCUT2D eigenvalue weighted by Gasteiger charge is -2.20. The fourth-order valence-corrected chi connectivity index (χ4v) is 1.80. The molecule has 0 aliphatic heterocycles. The van der Waals surface area contributed by atoms with Crippen molar-refractivity contribution in [2.45, 2.75) is 64.7 Å². The molecule has 1 fully saturated rings. The Hall–Kier alpha value is -1.36. The van der Waals surface area contributed by atoms with Gasteiger partial charge in [-0.2, -0.15) is 0 Å². The minimum Gasteiger partial charge on any atom is -0.353 e. The van der Waals surface area contributed by atoms with Crippen LogP contribution in [-0.4, -0.2) is 27.0 Å². The van der Waals surface area contributed by atoms with E-state index in [0.29, 0.717) is 19.0 Å². The number of aromatic nitrogens is 2. The molecule has 0 saturated heterocycles. The molecule has 0 unspecified atom stereocenters. The van der Waals surface area contributed by atoms with Crippen molar-refractivity contribution in [2.24, 2.45) is 0 Å². The Morgan fingerprint density at radius 3 is 2.84 bits per heavy atom. The second-order valence-electron chi connectivity index (χ2n) is 6.27. The quantitative estimate of drug-likeness (QED) is 0.817. The number of nitrogens with zero attached hydrogens (tertiary/aromatic N) is 2. The third kappa shape index (κ3) is 5.03. The third-order valence-corrected chi connectivity index (χ3v) is 3.12. The van der Waals surface area contributed by atoms with Crippen molar-refractivity contribution in [1.29, 1.82) is 0 Å². The van der Waals surface area contributed by atoms with E-state index in [1.165, 1.54) is 0 Å². The number of rotatable bonds is 6. The summed E-state index contributed by atoms with van der Waals surface area (Å²) in [7, 11) is 0. The van der Waals surface area contributed by atoms with Crippen LogP contribution in [0.2, 0.25) is 0 Å². The molecule has 1 aromatic rings. The summed E-state index contributed by atoms with van der Waals surface area (Å²) in [5.41, 5.74) is 1.20. The molecule has 1 aromatic heterocycles. The maximum atomic E-state index is 11.7. The Bertz CT molecular complexity index is 429. The minimum atomic E-state index is 0.0818. The molecule has 5 nitrogen and oxygen atoms in total. The van der Waals surface area contributed by atoms with Crippen LogP contribution in [-0.2, 0) is 17.9 Å². The normalized spacial score (nSPS) is 15.5. The third-order valence-electron chi connectivity index (χ3n) is 3.12. The Kier molecular flexibility index (Phi) is 4.24. The Morgan fingerprint density at radius 2 is 2.21 bits per heavy atom. The molecule has 1 heterocycles. The largest absolute Gasteiger partial charge is 0.353 e. The van der Waals surface area contributed by atoms with Crippen LogP contribution in [0.15, 0.2) is 12.5 Å². The number of aryl methyl sites for hydroxylation is 1. The van der Waals surface area contributed by atoms with Crippen LogP contribution in [0.1, 0.15) is 45.7 Å². The number of hydrogen-bond acceptors (Lipinski definition) is 3. The number of carbonyl (C=O) groups is 1. The lowest BCUT2D eigenvalue weighted by molar-refractivity contribution is -0.121. The average molecular weight is 264 g/mol. The first-order chi connectivity index (χ1) is 8.94. The zero-order valence-electron chi connectivity index (χ0n) is 12.1. The summed E-state index contributed by atoms with van der Waals surface area (Å²) in [5, 5.41) is 6.44. The molecule has 2 N–H and O–H groups in total. The number of amides is 1. The molecule has 0 atom stereocenters. The lowest BCUT2D eigenvalue weighted by Crippen LogP contribution is -2.35. The van der Waals surface area contributed by atoms with E-state index in [2.05, 4.69) is 36.4 Å². The van der Waals surface area contributed by atoms with Crippen molar-refractivity contribution in [2.75, 3.05) is 0 Å². The molecule has 5 heteroatoms. The van der Waals surface area contributed by atoms with Gasteiger partial charge in [-0.15, -0.1) is 0 Å². The maximum Gasteiger partial charge on any atom is 0.222 e. The van der Waals surface area contributed by atoms with Gasteiger partial charge in [0, 0.05) is 37.3 Å². The van der Waals surface area contributed by atoms with E-state index in [9.17, 15) is 4.79 Å². The smallest absolute Gasteiger partial charge is 0.222 e. The number of imidazole rings is 1. The van der Waals surface area contributed by atoms with Gasteiger partial charge in [-0.3, -0.25) is 4.79 Å². The zero-order valence-corrected chi connectivity index (χ0v) is 12.1. The summed E-state index contributed by atoms with van der Waals surface area (Å²) in [6, 6.07) is 0.442. The highest BCUT2D eigenvalue weighted by molar-refractivity contribution is 5.76. The second-order valence-corrected chi connectivity index (χ2v) is 6.27. The van der Waals surface area contributed by atoms with E-state index in [-0.39, 0.29) is 11.4 Å². The van der Waals surface area contributed by atoms with Crippen LogP contribution in [0.25, 0.3) is 0 Å². The van der Waals surface area contributed by atoms with Crippen LogP contribution >= 0.6 is 0 Å². The summed E-state index contributed by atoms with van der Waals surface area (Å²) in [6.45, 7) is 7.87. The van der Waals surface area contributed by atoms with Gasteiger partial charge in [0.2, 0.25) is 5.91 Å². The predicted octanol–water partition coefficient (Wildman–Crippen LogP) is 1.44. The van der Waals surface area contributed by atoms with Crippen LogP contribution in [0.3, 0.4) is 0 Å². The Labute approximate surface area is 114 Å². The van der Waals surface area contributed by atoms with Crippen molar-refractivity contribution in [3.05, 3.63) is 18.2 Å². The van der Waals surface area contributed by atoms with E-state index in [1.807, 2.05) is 10.8 Å². The molecule has 0 spiro atoms. The van der Waals surface area contributed by atoms with E-state index >= 15 is 0 Å². The van der Waals surface area contributed by atoms with Crippen LogP contribution in [0.4, 0.5) is 0 Å². The van der Waals surface area contributed by atoms with Gasteiger partial charge in [-0.05, 0) is 33.6 Å². The van der Waals surface area contributed by atoms with Crippen molar-refractivity contribution in [3.63, 3.8) is 0 Å². The number of hydrogen-bond donors (Lipinski definition) is 2. The van der Waals surface area contributed by atoms with Gasteiger partial charge >= 0.3 is 0 Å². The average Bonchev–Trinajstić information content (AvgIpc) is 3.00. The Balaban J connectivity index is 1.79. The molecular formula is C14H24N4O. The molecule has 1 saturated carbocycles. The van der Waals surface area contributed by atoms with Crippen LogP contribution < -0.4 is 10.6 Å². The molecule has 1 amide bonds. The summed E-state index contributed by atoms with van der Waals surface area (Å²) >= 11 is 0. The van der Waals surface area contributed by atoms with E-state index < -0.39 is 0 Å². The van der Waals surface area contributed by atoms with Crippen LogP contribution in [0, 0.1) is 0 Å².